The van der Waals surface area contributed by atoms with Gasteiger partial charge in [0.05, 0.1) is 40.0 Å². The molecule has 1 heterocycles. The number of non-ortho nitro benzene ring substituents is 1. The first-order valence-corrected chi connectivity index (χ1v) is 15.1. The molecule has 14 nitrogen and oxygen atoms in total. The number of methoxy groups -OCH3 is 1. The van der Waals surface area contributed by atoms with Crippen LogP contribution in [0.3, 0.4) is 0 Å². The number of allylic oxidation sites excluding steroid dienone is 1. The Hall–Kier alpha value is -4.90. The lowest BCUT2D eigenvalue weighted by Crippen LogP contribution is -2.45. The minimum absolute atomic E-state index is 0.0197. The second-order valence-corrected chi connectivity index (χ2v) is 11.0. The van der Waals surface area contributed by atoms with Gasteiger partial charge in [-0.25, -0.2) is 9.59 Å². The van der Waals surface area contributed by atoms with Crippen LogP contribution < -0.4 is 30.3 Å². The third-order valence-corrected chi connectivity index (χ3v) is 7.45. The van der Waals surface area contributed by atoms with E-state index in [4.69, 9.17) is 18.9 Å². The summed E-state index contributed by atoms with van der Waals surface area (Å²) in [6.45, 7) is 3.83. The number of halogens is 1. The summed E-state index contributed by atoms with van der Waals surface area (Å²) < 4.78 is 23.1. The van der Waals surface area contributed by atoms with Crippen molar-refractivity contribution < 1.29 is 38.6 Å². The van der Waals surface area contributed by atoms with Crippen molar-refractivity contribution in [2.45, 2.75) is 32.7 Å². The minimum Gasteiger partial charge on any atom is -0.490 e. The van der Waals surface area contributed by atoms with E-state index in [9.17, 15) is 24.8 Å². The number of aliphatic hydroxyl groups is 1. The number of carbonyl (C=O) groups is 2. The Morgan fingerprint density at radius 1 is 1.11 bits per heavy atom. The zero-order valence-electron chi connectivity index (χ0n) is 25.1. The van der Waals surface area contributed by atoms with E-state index in [0.717, 1.165) is 14.7 Å². The molecule has 0 unspecified atom stereocenters. The average molecular weight is 746 g/mol. The minimum atomic E-state index is -1.16. The van der Waals surface area contributed by atoms with Crippen LogP contribution in [0.4, 0.5) is 10.5 Å². The molecule has 15 heteroatoms. The number of benzene rings is 3. The molecule has 1 aliphatic heterocycles. The number of nitro groups is 1. The summed E-state index contributed by atoms with van der Waals surface area (Å²) in [5, 5.41) is 30.6. The number of nitrogens with zero attached hydrogens (tertiary/aromatic N) is 2. The summed E-state index contributed by atoms with van der Waals surface area (Å²) in [6.07, 6.45) is 0.377. The standard InChI is InChI=1S/C31H32IN5O9/c1-4-44-26-14-21(29-28(30(39)43-3)18(2)34-31(40)35-29)8-12-25(26)46-17-27(38)36-33-15-20-7-11-24(23(32)13-20)45-16-19-5-9-22(10-6-19)37(41)42/h5-15,27,29,36,38H,4,16-17H2,1-3H3,(H2,34,35,40)/b33-15-/t27-,29-/m1/s1. The molecule has 242 valence electrons. The van der Waals surface area contributed by atoms with Crippen LogP contribution in [0.25, 0.3) is 0 Å². The molecular formula is C31H32IN5O9. The number of esters is 1. The number of hydrogen-bond donors (Lipinski definition) is 4. The molecule has 46 heavy (non-hydrogen) atoms. The summed E-state index contributed by atoms with van der Waals surface area (Å²) in [5.41, 5.74) is 5.40. The molecule has 3 aromatic rings. The van der Waals surface area contributed by atoms with Crippen molar-refractivity contribution in [2.75, 3.05) is 20.3 Å². The molecule has 0 aliphatic carbocycles. The number of aliphatic hydroxyl groups excluding tert-OH is 1. The highest BCUT2D eigenvalue weighted by Gasteiger charge is 2.32. The molecule has 2 amide bonds. The van der Waals surface area contributed by atoms with Crippen molar-refractivity contribution in [1.29, 1.82) is 0 Å². The fourth-order valence-electron chi connectivity index (χ4n) is 4.41. The maximum atomic E-state index is 12.4. The maximum Gasteiger partial charge on any atom is 0.337 e. The van der Waals surface area contributed by atoms with Crippen LogP contribution in [0, 0.1) is 13.7 Å². The lowest BCUT2D eigenvalue weighted by molar-refractivity contribution is -0.384. The van der Waals surface area contributed by atoms with Gasteiger partial charge in [0.25, 0.3) is 5.69 Å². The number of carbonyl (C=O) groups excluding carboxylic acids is 2. The van der Waals surface area contributed by atoms with E-state index in [-0.39, 0.29) is 24.5 Å². The highest BCUT2D eigenvalue weighted by molar-refractivity contribution is 14.1. The molecule has 0 aromatic heterocycles. The van der Waals surface area contributed by atoms with Crippen LogP contribution in [0.2, 0.25) is 0 Å². The van der Waals surface area contributed by atoms with E-state index >= 15 is 0 Å². The number of hydrogen-bond acceptors (Lipinski definition) is 11. The van der Waals surface area contributed by atoms with Gasteiger partial charge in [-0.3, -0.25) is 15.5 Å². The Morgan fingerprint density at radius 3 is 2.52 bits per heavy atom. The van der Waals surface area contributed by atoms with Crippen molar-refractivity contribution in [1.82, 2.24) is 16.1 Å². The molecule has 0 saturated heterocycles. The van der Waals surface area contributed by atoms with Crippen molar-refractivity contribution in [3.63, 3.8) is 0 Å². The van der Waals surface area contributed by atoms with Gasteiger partial charge in [-0.15, -0.1) is 0 Å². The molecule has 4 rings (SSSR count). The maximum absolute atomic E-state index is 12.4. The van der Waals surface area contributed by atoms with E-state index in [1.807, 2.05) is 6.07 Å². The quantitative estimate of drug-likeness (QED) is 0.0464. The highest BCUT2D eigenvalue weighted by Crippen LogP contribution is 2.35. The lowest BCUT2D eigenvalue weighted by atomic mass is 9.95. The van der Waals surface area contributed by atoms with Crippen LogP contribution >= 0.6 is 22.6 Å². The Kier molecular flexibility index (Phi) is 11.7. The second kappa shape index (κ2) is 15.9. The molecule has 4 N–H and O–H groups in total. The number of amides is 2. The van der Waals surface area contributed by atoms with E-state index < -0.39 is 29.2 Å². The van der Waals surface area contributed by atoms with Gasteiger partial charge in [-0.05, 0) is 95.6 Å². The third kappa shape index (κ3) is 8.85. The molecule has 0 radical (unpaired) electrons. The number of ether oxygens (including phenoxy) is 4. The summed E-state index contributed by atoms with van der Waals surface area (Å²) in [7, 11) is 1.27. The van der Waals surface area contributed by atoms with Gasteiger partial charge < -0.3 is 34.7 Å². The number of rotatable bonds is 14. The Labute approximate surface area is 278 Å². The van der Waals surface area contributed by atoms with Gasteiger partial charge in [0.15, 0.2) is 17.7 Å². The monoisotopic (exact) mass is 745 g/mol. The molecular weight excluding hydrogens is 713 g/mol. The average Bonchev–Trinajstić information content (AvgIpc) is 3.03. The van der Waals surface area contributed by atoms with Crippen LogP contribution in [0.15, 0.2) is 77.0 Å². The zero-order valence-corrected chi connectivity index (χ0v) is 27.3. The van der Waals surface area contributed by atoms with E-state index in [2.05, 4.69) is 43.8 Å². The van der Waals surface area contributed by atoms with Crippen LogP contribution in [-0.2, 0) is 16.1 Å². The Balaban J connectivity index is 1.33. The fourth-order valence-corrected chi connectivity index (χ4v) is 5.10. The normalized spacial score (nSPS) is 15.1. The summed E-state index contributed by atoms with van der Waals surface area (Å²) in [6, 6.07) is 15.3. The molecule has 0 bridgehead atoms. The van der Waals surface area contributed by atoms with E-state index in [1.54, 1.807) is 56.3 Å². The van der Waals surface area contributed by atoms with Crippen LogP contribution in [-0.4, -0.2) is 54.8 Å². The second-order valence-electron chi connectivity index (χ2n) is 9.82. The predicted octanol–water partition coefficient (Wildman–Crippen LogP) is 4.30. The van der Waals surface area contributed by atoms with Crippen molar-refractivity contribution in [3.05, 3.63) is 102 Å². The molecule has 0 fully saturated rings. The van der Waals surface area contributed by atoms with E-state index in [1.165, 1.54) is 25.5 Å². The molecule has 3 aromatic carbocycles. The van der Waals surface area contributed by atoms with Gasteiger partial charge in [0.1, 0.15) is 19.0 Å². The zero-order chi connectivity index (χ0) is 33.2. The SMILES string of the molecule is CCOc1cc([C@H]2NC(=O)NC(C)=C2C(=O)OC)ccc1OC[C@@H](O)N/N=C\c1ccc(OCc2ccc([N+](=O)[O-])cc2)c(I)c1. The van der Waals surface area contributed by atoms with Gasteiger partial charge in [-0.1, -0.05) is 6.07 Å². The third-order valence-electron chi connectivity index (χ3n) is 6.61. The van der Waals surface area contributed by atoms with Crippen molar-refractivity contribution in [2.24, 2.45) is 5.10 Å². The highest BCUT2D eigenvalue weighted by atomic mass is 127. The molecule has 1 aliphatic rings. The summed E-state index contributed by atoms with van der Waals surface area (Å²) >= 11 is 2.14. The predicted molar refractivity (Wildman–Crippen MR) is 176 cm³/mol. The van der Waals surface area contributed by atoms with E-state index in [0.29, 0.717) is 35.1 Å². The fraction of sp³-hybridized carbons (Fsp3) is 0.258. The first-order chi connectivity index (χ1) is 22.1. The van der Waals surface area contributed by atoms with Crippen molar-refractivity contribution >= 4 is 46.5 Å². The van der Waals surface area contributed by atoms with Gasteiger partial charge in [-0.2, -0.15) is 5.10 Å². The number of urea groups is 1. The van der Waals surface area contributed by atoms with Crippen LogP contribution in [0.5, 0.6) is 17.2 Å². The van der Waals surface area contributed by atoms with Gasteiger partial charge in [0, 0.05) is 17.8 Å². The summed E-state index contributed by atoms with van der Waals surface area (Å²) in [5.74, 6) is 0.760. The molecule has 0 spiro atoms. The van der Waals surface area contributed by atoms with Crippen molar-refractivity contribution in [3.8, 4) is 17.2 Å². The largest absolute Gasteiger partial charge is 0.490 e. The van der Waals surface area contributed by atoms with Gasteiger partial charge in [0.2, 0.25) is 0 Å². The number of nitrogens with one attached hydrogen (secondary N) is 3. The first-order valence-electron chi connectivity index (χ1n) is 14.0. The van der Waals surface area contributed by atoms with Gasteiger partial charge >= 0.3 is 12.0 Å². The Morgan fingerprint density at radius 2 is 1.85 bits per heavy atom. The number of nitro benzene ring substituents is 1. The van der Waals surface area contributed by atoms with Crippen LogP contribution in [0.1, 0.15) is 36.6 Å². The summed E-state index contributed by atoms with van der Waals surface area (Å²) in [4.78, 5) is 35.0. The smallest absolute Gasteiger partial charge is 0.337 e. The first kappa shape index (κ1) is 34.0. The molecule has 0 saturated carbocycles. The number of hydrazone groups is 1. The molecule has 2 atom stereocenters. The Bertz CT molecular complexity index is 1650. The lowest BCUT2D eigenvalue weighted by Gasteiger charge is -2.28. The topological polar surface area (TPSA) is 183 Å².